The maximum Gasteiger partial charge on any atom is 0.246 e. The number of nitrogens with one attached hydrogen (secondary N) is 1. The predicted molar refractivity (Wildman–Crippen MR) is 98.0 cm³/mol. The minimum atomic E-state index is -0.456. The molecule has 0 fully saturated rings. The summed E-state index contributed by atoms with van der Waals surface area (Å²) in [5.41, 5.74) is 3.76. The lowest BCUT2D eigenvalue weighted by Crippen LogP contribution is -2.40. The molecule has 2 aliphatic heterocycles. The first kappa shape index (κ1) is 16.7. The number of hydrogen-bond acceptors (Lipinski definition) is 5. The molecule has 0 unspecified atom stereocenters. The Labute approximate surface area is 152 Å². The van der Waals surface area contributed by atoms with Gasteiger partial charge in [0.2, 0.25) is 18.4 Å². The van der Waals surface area contributed by atoms with Crippen LogP contribution in [0.1, 0.15) is 22.7 Å². The van der Waals surface area contributed by atoms with Crippen LogP contribution in [0.15, 0.2) is 30.3 Å². The molecule has 6 nitrogen and oxygen atoms in total. The van der Waals surface area contributed by atoms with Crippen LogP contribution in [0, 0.1) is 6.92 Å². The van der Waals surface area contributed by atoms with Crippen molar-refractivity contribution in [1.29, 1.82) is 0 Å². The number of anilines is 1. The lowest BCUT2D eigenvalue weighted by molar-refractivity contribution is -0.121. The number of carbonyl (C=O) groups is 1. The fourth-order valence-corrected chi connectivity index (χ4v) is 3.68. The van der Waals surface area contributed by atoms with Crippen molar-refractivity contribution in [2.24, 2.45) is 0 Å². The van der Waals surface area contributed by atoms with E-state index in [9.17, 15) is 4.79 Å². The van der Waals surface area contributed by atoms with Crippen LogP contribution in [0.25, 0.3) is 0 Å². The number of para-hydroxylation sites is 1. The van der Waals surface area contributed by atoms with E-state index in [0.29, 0.717) is 17.2 Å². The molecule has 0 aliphatic carbocycles. The summed E-state index contributed by atoms with van der Waals surface area (Å²) in [5.74, 6) is 1.77. The highest BCUT2D eigenvalue weighted by atomic mass is 16.7. The summed E-state index contributed by atoms with van der Waals surface area (Å²) in [4.78, 5) is 15.2. The monoisotopic (exact) mass is 354 g/mol. The molecule has 1 amide bonds. The van der Waals surface area contributed by atoms with Crippen LogP contribution in [0.2, 0.25) is 0 Å². The predicted octanol–water partition coefficient (Wildman–Crippen LogP) is 2.90. The van der Waals surface area contributed by atoms with Crippen molar-refractivity contribution in [3.05, 3.63) is 47.0 Å². The SMILES string of the molecule is COc1c2c(cc3c1[C@H](C(=O)Nc1ccccc1C)N(C)CC3)OCO2. The van der Waals surface area contributed by atoms with E-state index in [4.69, 9.17) is 14.2 Å². The zero-order chi connectivity index (χ0) is 18.3. The topological polar surface area (TPSA) is 60.0 Å². The number of amides is 1. The molecule has 26 heavy (non-hydrogen) atoms. The van der Waals surface area contributed by atoms with E-state index >= 15 is 0 Å². The van der Waals surface area contributed by atoms with Crippen LogP contribution in [0.5, 0.6) is 17.2 Å². The smallest absolute Gasteiger partial charge is 0.246 e. The van der Waals surface area contributed by atoms with Crippen molar-refractivity contribution in [3.8, 4) is 17.2 Å². The third-order valence-corrected chi connectivity index (χ3v) is 5.05. The van der Waals surface area contributed by atoms with Gasteiger partial charge in [0.05, 0.1) is 7.11 Å². The van der Waals surface area contributed by atoms with Crippen molar-refractivity contribution in [1.82, 2.24) is 4.90 Å². The van der Waals surface area contributed by atoms with Gasteiger partial charge in [-0.05, 0) is 43.7 Å². The Morgan fingerprint density at radius 1 is 1.31 bits per heavy atom. The van der Waals surface area contributed by atoms with Gasteiger partial charge in [0.15, 0.2) is 11.5 Å². The van der Waals surface area contributed by atoms with Gasteiger partial charge in [0.1, 0.15) is 6.04 Å². The molecular formula is C20H22N2O4. The molecule has 0 saturated carbocycles. The quantitative estimate of drug-likeness (QED) is 0.918. The molecule has 136 valence electrons. The lowest BCUT2D eigenvalue weighted by Gasteiger charge is -2.34. The number of benzene rings is 2. The maximum atomic E-state index is 13.2. The summed E-state index contributed by atoms with van der Waals surface area (Å²) in [6.07, 6.45) is 0.826. The molecule has 2 aliphatic rings. The Morgan fingerprint density at radius 2 is 2.12 bits per heavy atom. The van der Waals surface area contributed by atoms with Crippen LogP contribution in [-0.2, 0) is 11.2 Å². The van der Waals surface area contributed by atoms with Gasteiger partial charge in [-0.15, -0.1) is 0 Å². The number of ether oxygens (including phenoxy) is 3. The molecule has 2 aromatic carbocycles. The molecule has 2 heterocycles. The maximum absolute atomic E-state index is 13.2. The second-order valence-corrected chi connectivity index (χ2v) is 6.65. The van der Waals surface area contributed by atoms with Crippen LogP contribution >= 0.6 is 0 Å². The fourth-order valence-electron chi connectivity index (χ4n) is 3.68. The number of aryl methyl sites for hydroxylation is 1. The van der Waals surface area contributed by atoms with Gasteiger partial charge in [0, 0.05) is 17.8 Å². The normalized spacial score (nSPS) is 18.3. The summed E-state index contributed by atoms with van der Waals surface area (Å²) in [5, 5.41) is 3.06. The van der Waals surface area contributed by atoms with E-state index in [1.54, 1.807) is 7.11 Å². The summed E-state index contributed by atoms with van der Waals surface area (Å²) < 4.78 is 16.8. The highest BCUT2D eigenvalue weighted by Gasteiger charge is 2.37. The lowest BCUT2D eigenvalue weighted by atomic mass is 9.90. The largest absolute Gasteiger partial charge is 0.492 e. The first-order valence-electron chi connectivity index (χ1n) is 8.66. The second-order valence-electron chi connectivity index (χ2n) is 6.65. The molecule has 0 spiro atoms. The second kappa shape index (κ2) is 6.53. The zero-order valence-corrected chi connectivity index (χ0v) is 15.2. The minimum absolute atomic E-state index is 0.0834. The summed E-state index contributed by atoms with van der Waals surface area (Å²) in [6.45, 7) is 2.93. The van der Waals surface area contributed by atoms with E-state index < -0.39 is 6.04 Å². The van der Waals surface area contributed by atoms with Crippen molar-refractivity contribution < 1.29 is 19.0 Å². The van der Waals surface area contributed by atoms with Crippen LogP contribution in [-0.4, -0.2) is 38.3 Å². The number of hydrogen-bond donors (Lipinski definition) is 1. The average Bonchev–Trinajstić information content (AvgIpc) is 3.10. The molecule has 2 aromatic rings. The Balaban J connectivity index is 1.76. The fraction of sp³-hybridized carbons (Fsp3) is 0.350. The van der Waals surface area contributed by atoms with E-state index in [-0.39, 0.29) is 12.7 Å². The van der Waals surface area contributed by atoms with Crippen molar-refractivity contribution in [3.63, 3.8) is 0 Å². The molecule has 0 saturated heterocycles. The average molecular weight is 354 g/mol. The molecule has 0 radical (unpaired) electrons. The van der Waals surface area contributed by atoms with E-state index in [1.165, 1.54) is 0 Å². The Bertz CT molecular complexity index is 865. The molecule has 4 rings (SSSR count). The summed E-state index contributed by atoms with van der Waals surface area (Å²) >= 11 is 0. The number of fused-ring (bicyclic) bond motifs is 2. The molecule has 6 heteroatoms. The zero-order valence-electron chi connectivity index (χ0n) is 15.2. The van der Waals surface area contributed by atoms with Gasteiger partial charge in [-0.25, -0.2) is 0 Å². The van der Waals surface area contributed by atoms with Gasteiger partial charge >= 0.3 is 0 Å². The highest BCUT2D eigenvalue weighted by molar-refractivity contribution is 5.97. The van der Waals surface area contributed by atoms with E-state index in [1.807, 2.05) is 49.2 Å². The Hall–Kier alpha value is -2.73. The van der Waals surface area contributed by atoms with Crippen LogP contribution < -0.4 is 19.5 Å². The Kier molecular flexibility index (Phi) is 4.20. The molecular weight excluding hydrogens is 332 g/mol. The third-order valence-electron chi connectivity index (χ3n) is 5.05. The highest BCUT2D eigenvalue weighted by Crippen LogP contribution is 2.49. The minimum Gasteiger partial charge on any atom is -0.492 e. The van der Waals surface area contributed by atoms with Gasteiger partial charge < -0.3 is 19.5 Å². The van der Waals surface area contributed by atoms with Crippen molar-refractivity contribution in [2.45, 2.75) is 19.4 Å². The summed E-state index contributed by atoms with van der Waals surface area (Å²) in [7, 11) is 3.55. The number of likely N-dealkylation sites (N-methyl/N-ethyl adjacent to an activating group) is 1. The van der Waals surface area contributed by atoms with Crippen LogP contribution in [0.4, 0.5) is 5.69 Å². The van der Waals surface area contributed by atoms with E-state index in [2.05, 4.69) is 5.32 Å². The van der Waals surface area contributed by atoms with Crippen molar-refractivity contribution >= 4 is 11.6 Å². The van der Waals surface area contributed by atoms with Gasteiger partial charge in [0.25, 0.3) is 0 Å². The molecule has 0 aromatic heterocycles. The van der Waals surface area contributed by atoms with E-state index in [0.717, 1.165) is 35.3 Å². The number of carbonyl (C=O) groups excluding carboxylic acids is 1. The third kappa shape index (κ3) is 2.66. The van der Waals surface area contributed by atoms with Gasteiger partial charge in [-0.1, -0.05) is 18.2 Å². The van der Waals surface area contributed by atoms with Gasteiger partial charge in [-0.3, -0.25) is 9.69 Å². The molecule has 1 N–H and O–H groups in total. The number of methoxy groups -OCH3 is 1. The van der Waals surface area contributed by atoms with Crippen LogP contribution in [0.3, 0.4) is 0 Å². The number of rotatable bonds is 3. The first-order chi connectivity index (χ1) is 12.6. The standard InChI is InChI=1S/C20H22N2O4/c1-12-6-4-5-7-14(12)21-20(23)17-16-13(8-9-22(17)2)10-15-18(19(16)24-3)26-11-25-15/h4-7,10,17H,8-9,11H2,1-3H3,(H,21,23)/t17-/m1/s1. The van der Waals surface area contributed by atoms with Gasteiger partial charge in [-0.2, -0.15) is 0 Å². The summed E-state index contributed by atoms with van der Waals surface area (Å²) in [6, 6.07) is 9.28. The first-order valence-corrected chi connectivity index (χ1v) is 8.66. The molecule has 0 bridgehead atoms. The van der Waals surface area contributed by atoms with Crippen molar-refractivity contribution in [2.75, 3.05) is 32.8 Å². The Morgan fingerprint density at radius 3 is 2.88 bits per heavy atom. The molecule has 1 atom stereocenters. The number of nitrogens with zero attached hydrogens (tertiary/aromatic N) is 1.